The Bertz CT molecular complexity index is 235. The summed E-state index contributed by atoms with van der Waals surface area (Å²) in [5.74, 6) is -0.502. The number of nitrogens with zero attached hydrogens (tertiary/aromatic N) is 3. The van der Waals surface area contributed by atoms with E-state index in [2.05, 4.69) is 10.3 Å². The summed E-state index contributed by atoms with van der Waals surface area (Å²) in [5, 5.41) is 22.4. The molecule has 0 unspecified atom stereocenters. The number of piperidine rings is 1. The first kappa shape index (κ1) is 8.66. The number of likely N-dealkylation sites (tertiary alicyclic amines) is 1. The molecule has 0 aromatic heterocycles. The lowest BCUT2D eigenvalue weighted by Gasteiger charge is -2.21. The standard InChI is InChI=1S/C6H9N3O3/c1-9-2-4(7-11)6(10)5(3-9)8-12/h11-12H,2-3H2,1H3/b7-4-,8-5+. The van der Waals surface area contributed by atoms with E-state index >= 15 is 0 Å². The van der Waals surface area contributed by atoms with Gasteiger partial charge in [0.05, 0.1) is 0 Å². The van der Waals surface area contributed by atoms with Crippen LogP contribution in [0.25, 0.3) is 0 Å². The first-order valence-electron chi connectivity index (χ1n) is 3.34. The van der Waals surface area contributed by atoms with Gasteiger partial charge >= 0.3 is 0 Å². The zero-order valence-electron chi connectivity index (χ0n) is 6.56. The van der Waals surface area contributed by atoms with Crippen LogP contribution in [-0.4, -0.2) is 52.7 Å². The Morgan fingerprint density at radius 3 is 2.00 bits per heavy atom. The molecule has 0 radical (unpaired) electrons. The lowest BCUT2D eigenvalue weighted by molar-refractivity contribution is -0.108. The molecule has 1 heterocycles. The van der Waals surface area contributed by atoms with E-state index in [0.29, 0.717) is 0 Å². The summed E-state index contributed by atoms with van der Waals surface area (Å²) in [6.07, 6.45) is 0. The van der Waals surface area contributed by atoms with Crippen molar-refractivity contribution in [2.45, 2.75) is 0 Å². The smallest absolute Gasteiger partial charge is 0.230 e. The molecule has 1 aliphatic heterocycles. The van der Waals surface area contributed by atoms with Crippen molar-refractivity contribution in [2.24, 2.45) is 10.3 Å². The second-order valence-electron chi connectivity index (χ2n) is 2.59. The van der Waals surface area contributed by atoms with E-state index in [1.54, 1.807) is 11.9 Å². The number of ketones is 1. The molecule has 1 saturated heterocycles. The zero-order valence-corrected chi connectivity index (χ0v) is 6.56. The average molecular weight is 171 g/mol. The molecule has 1 aliphatic rings. The summed E-state index contributed by atoms with van der Waals surface area (Å²) < 4.78 is 0. The van der Waals surface area contributed by atoms with E-state index in [-0.39, 0.29) is 24.5 Å². The lowest BCUT2D eigenvalue weighted by Crippen LogP contribution is -2.46. The summed E-state index contributed by atoms with van der Waals surface area (Å²) in [5.41, 5.74) is -0.00639. The molecule has 0 bridgehead atoms. The van der Waals surface area contributed by atoms with Crippen LogP contribution in [0.5, 0.6) is 0 Å². The van der Waals surface area contributed by atoms with Crippen LogP contribution in [0.15, 0.2) is 10.3 Å². The van der Waals surface area contributed by atoms with E-state index in [1.807, 2.05) is 0 Å². The number of hydrogen-bond donors (Lipinski definition) is 2. The van der Waals surface area contributed by atoms with Crippen LogP contribution in [0.4, 0.5) is 0 Å². The third kappa shape index (κ3) is 1.42. The van der Waals surface area contributed by atoms with Crippen molar-refractivity contribution in [3.8, 4) is 0 Å². The fourth-order valence-electron chi connectivity index (χ4n) is 1.03. The number of oxime groups is 2. The SMILES string of the molecule is CN1C/C(=N/O)C(=O)/C(=N/O)C1. The Morgan fingerprint density at radius 2 is 1.67 bits per heavy atom. The van der Waals surface area contributed by atoms with Gasteiger partial charge in [0.1, 0.15) is 11.4 Å². The maximum Gasteiger partial charge on any atom is 0.230 e. The topological polar surface area (TPSA) is 85.5 Å². The van der Waals surface area contributed by atoms with Crippen molar-refractivity contribution in [3.63, 3.8) is 0 Å². The fraction of sp³-hybridized carbons (Fsp3) is 0.500. The molecule has 1 fully saturated rings. The second kappa shape index (κ2) is 3.31. The molecule has 0 amide bonds. The number of hydrogen-bond acceptors (Lipinski definition) is 6. The highest BCUT2D eigenvalue weighted by molar-refractivity contribution is 6.68. The highest BCUT2D eigenvalue weighted by Crippen LogP contribution is 1.99. The van der Waals surface area contributed by atoms with Crippen LogP contribution in [0, 0.1) is 0 Å². The first-order chi connectivity index (χ1) is 5.69. The minimum Gasteiger partial charge on any atom is -0.410 e. The molecule has 0 aromatic rings. The molecular formula is C6H9N3O3. The molecule has 66 valence electrons. The van der Waals surface area contributed by atoms with Gasteiger partial charge in [0, 0.05) is 13.1 Å². The molecule has 0 spiro atoms. The van der Waals surface area contributed by atoms with E-state index in [9.17, 15) is 4.79 Å². The van der Waals surface area contributed by atoms with Crippen molar-refractivity contribution < 1.29 is 15.2 Å². The Morgan fingerprint density at radius 1 is 1.25 bits per heavy atom. The first-order valence-corrected chi connectivity index (χ1v) is 3.34. The fourth-order valence-corrected chi connectivity index (χ4v) is 1.03. The normalized spacial score (nSPS) is 26.9. The van der Waals surface area contributed by atoms with Gasteiger partial charge in [-0.05, 0) is 7.05 Å². The molecule has 0 saturated carbocycles. The maximum absolute atomic E-state index is 11.1. The molecular weight excluding hydrogens is 162 g/mol. The zero-order chi connectivity index (χ0) is 9.14. The van der Waals surface area contributed by atoms with Gasteiger partial charge in [0.25, 0.3) is 0 Å². The van der Waals surface area contributed by atoms with Gasteiger partial charge in [-0.2, -0.15) is 0 Å². The summed E-state index contributed by atoms with van der Waals surface area (Å²) in [6, 6.07) is 0. The van der Waals surface area contributed by atoms with Gasteiger partial charge in [-0.15, -0.1) is 0 Å². The van der Waals surface area contributed by atoms with Gasteiger partial charge in [-0.3, -0.25) is 9.69 Å². The molecule has 0 aromatic carbocycles. The number of Topliss-reactive ketones (excluding diaryl/α,β-unsaturated/α-hetero) is 1. The van der Waals surface area contributed by atoms with E-state index < -0.39 is 5.78 Å². The molecule has 1 rings (SSSR count). The van der Waals surface area contributed by atoms with Gasteiger partial charge in [0.15, 0.2) is 0 Å². The van der Waals surface area contributed by atoms with E-state index in [4.69, 9.17) is 10.4 Å². The maximum atomic E-state index is 11.1. The Balaban J connectivity index is 2.90. The second-order valence-corrected chi connectivity index (χ2v) is 2.59. The van der Waals surface area contributed by atoms with Crippen LogP contribution >= 0.6 is 0 Å². The monoisotopic (exact) mass is 171 g/mol. The largest absolute Gasteiger partial charge is 0.410 e. The van der Waals surface area contributed by atoms with E-state index in [0.717, 1.165) is 0 Å². The summed E-state index contributed by atoms with van der Waals surface area (Å²) in [7, 11) is 1.72. The summed E-state index contributed by atoms with van der Waals surface area (Å²) in [6.45, 7) is 0.544. The van der Waals surface area contributed by atoms with Crippen molar-refractivity contribution >= 4 is 17.2 Å². The lowest BCUT2D eigenvalue weighted by atomic mass is 10.1. The molecule has 12 heavy (non-hydrogen) atoms. The molecule has 0 aliphatic carbocycles. The average Bonchev–Trinajstić information content (AvgIpc) is 2.08. The summed E-state index contributed by atoms with van der Waals surface area (Å²) >= 11 is 0. The molecule has 6 heteroatoms. The number of carbonyl (C=O) groups is 1. The minimum atomic E-state index is -0.502. The van der Waals surface area contributed by atoms with Gasteiger partial charge in [0.2, 0.25) is 5.78 Å². The predicted octanol–water partition coefficient (Wildman–Crippen LogP) is -0.839. The quantitative estimate of drug-likeness (QED) is 0.367. The number of carbonyl (C=O) groups excluding carboxylic acids is 1. The van der Waals surface area contributed by atoms with E-state index in [1.165, 1.54) is 0 Å². The van der Waals surface area contributed by atoms with Gasteiger partial charge < -0.3 is 10.4 Å². The van der Waals surface area contributed by atoms with Gasteiger partial charge in [-0.1, -0.05) is 10.3 Å². The Labute approximate surface area is 68.8 Å². The Hall–Kier alpha value is -1.43. The van der Waals surface area contributed by atoms with Crippen LogP contribution in [0.3, 0.4) is 0 Å². The van der Waals surface area contributed by atoms with Gasteiger partial charge in [-0.25, -0.2) is 0 Å². The highest BCUT2D eigenvalue weighted by Gasteiger charge is 2.27. The van der Waals surface area contributed by atoms with Crippen LogP contribution in [-0.2, 0) is 4.79 Å². The van der Waals surface area contributed by atoms with Crippen molar-refractivity contribution in [1.29, 1.82) is 0 Å². The molecule has 2 N–H and O–H groups in total. The molecule has 6 nitrogen and oxygen atoms in total. The van der Waals surface area contributed by atoms with Crippen LogP contribution in [0.1, 0.15) is 0 Å². The third-order valence-electron chi connectivity index (χ3n) is 1.60. The van der Waals surface area contributed by atoms with Crippen LogP contribution < -0.4 is 0 Å². The third-order valence-corrected chi connectivity index (χ3v) is 1.60. The van der Waals surface area contributed by atoms with Crippen molar-refractivity contribution in [3.05, 3.63) is 0 Å². The minimum absolute atomic E-state index is 0.00319. The predicted molar refractivity (Wildman–Crippen MR) is 40.9 cm³/mol. The molecule has 0 atom stereocenters. The van der Waals surface area contributed by atoms with Crippen LogP contribution in [0.2, 0.25) is 0 Å². The summed E-state index contributed by atoms with van der Waals surface area (Å²) in [4.78, 5) is 12.8. The number of rotatable bonds is 0. The van der Waals surface area contributed by atoms with Crippen molar-refractivity contribution in [1.82, 2.24) is 4.90 Å². The van der Waals surface area contributed by atoms with Crippen molar-refractivity contribution in [2.75, 3.05) is 20.1 Å². The Kier molecular flexibility index (Phi) is 2.39. The highest BCUT2D eigenvalue weighted by atomic mass is 16.4.